The molecule has 0 atom stereocenters. The second-order valence-corrected chi connectivity index (χ2v) is 5.51. The summed E-state index contributed by atoms with van der Waals surface area (Å²) in [6, 6.07) is 11.2. The number of nitrogen functional groups attached to an aromatic ring is 1. The van der Waals surface area contributed by atoms with E-state index in [1.54, 1.807) is 17.1 Å². The standard InChI is InChI=1S/C14H10BrClN4/c15-9-4-5-10(11(16)7-9)14-12(17)8-20(19-14)13-3-1-2-6-18-13/h1-8H,17H2. The number of nitrogens with two attached hydrogens (primary N) is 1. The van der Waals surface area contributed by atoms with Gasteiger partial charge >= 0.3 is 0 Å². The normalized spacial score (nSPS) is 10.7. The molecule has 1 aromatic carbocycles. The van der Waals surface area contributed by atoms with Crippen molar-refractivity contribution in [3.05, 3.63) is 58.3 Å². The van der Waals surface area contributed by atoms with Crippen molar-refractivity contribution in [2.45, 2.75) is 0 Å². The van der Waals surface area contributed by atoms with Gasteiger partial charge in [-0.3, -0.25) is 0 Å². The summed E-state index contributed by atoms with van der Waals surface area (Å²) in [6.07, 6.45) is 3.44. The highest BCUT2D eigenvalue weighted by Crippen LogP contribution is 2.33. The molecule has 2 N–H and O–H groups in total. The zero-order chi connectivity index (χ0) is 14.1. The number of pyridine rings is 1. The van der Waals surface area contributed by atoms with E-state index in [0.717, 1.165) is 10.0 Å². The highest BCUT2D eigenvalue weighted by molar-refractivity contribution is 9.10. The van der Waals surface area contributed by atoms with Crippen LogP contribution in [0.4, 0.5) is 5.69 Å². The molecule has 2 aromatic heterocycles. The Kier molecular flexibility index (Phi) is 3.46. The summed E-state index contributed by atoms with van der Waals surface area (Å²) in [6.45, 7) is 0. The van der Waals surface area contributed by atoms with E-state index in [0.29, 0.717) is 22.2 Å². The van der Waals surface area contributed by atoms with E-state index in [-0.39, 0.29) is 0 Å². The fraction of sp³-hybridized carbons (Fsp3) is 0. The van der Waals surface area contributed by atoms with Crippen molar-refractivity contribution in [1.29, 1.82) is 0 Å². The number of benzene rings is 1. The first-order chi connectivity index (χ1) is 9.65. The van der Waals surface area contributed by atoms with E-state index >= 15 is 0 Å². The van der Waals surface area contributed by atoms with E-state index < -0.39 is 0 Å². The zero-order valence-corrected chi connectivity index (χ0v) is 12.6. The Balaban J connectivity index is 2.10. The summed E-state index contributed by atoms with van der Waals surface area (Å²) >= 11 is 9.62. The molecule has 4 nitrogen and oxygen atoms in total. The lowest BCUT2D eigenvalue weighted by atomic mass is 10.1. The van der Waals surface area contributed by atoms with Crippen LogP contribution in [0, 0.1) is 0 Å². The Morgan fingerprint density at radius 1 is 1.20 bits per heavy atom. The monoisotopic (exact) mass is 348 g/mol. The van der Waals surface area contributed by atoms with Crippen molar-refractivity contribution in [2.75, 3.05) is 5.73 Å². The number of halogens is 2. The molecular weight excluding hydrogens is 340 g/mol. The molecule has 100 valence electrons. The molecule has 20 heavy (non-hydrogen) atoms. The molecule has 3 rings (SSSR count). The van der Waals surface area contributed by atoms with Gasteiger partial charge in [0.1, 0.15) is 5.69 Å². The van der Waals surface area contributed by atoms with E-state index in [2.05, 4.69) is 26.0 Å². The minimum atomic E-state index is 0.555. The number of rotatable bonds is 2. The lowest BCUT2D eigenvalue weighted by Gasteiger charge is -2.02. The van der Waals surface area contributed by atoms with Gasteiger partial charge in [0.05, 0.1) is 16.9 Å². The van der Waals surface area contributed by atoms with Gasteiger partial charge in [0, 0.05) is 16.2 Å². The van der Waals surface area contributed by atoms with Gasteiger partial charge in [-0.25, -0.2) is 9.67 Å². The van der Waals surface area contributed by atoms with Crippen LogP contribution >= 0.6 is 27.5 Å². The molecule has 0 spiro atoms. The molecule has 0 saturated heterocycles. The molecular formula is C14H10BrClN4. The van der Waals surface area contributed by atoms with Gasteiger partial charge in [0.25, 0.3) is 0 Å². The minimum Gasteiger partial charge on any atom is -0.396 e. The summed E-state index contributed by atoms with van der Waals surface area (Å²) in [7, 11) is 0. The van der Waals surface area contributed by atoms with Crippen molar-refractivity contribution < 1.29 is 0 Å². The summed E-state index contributed by atoms with van der Waals surface area (Å²) in [5, 5.41) is 5.06. The average molecular weight is 350 g/mol. The second-order valence-electron chi connectivity index (χ2n) is 4.19. The summed E-state index contributed by atoms with van der Waals surface area (Å²) in [5.74, 6) is 0.707. The van der Waals surface area contributed by atoms with E-state index in [9.17, 15) is 0 Å². The third-order valence-electron chi connectivity index (χ3n) is 2.81. The molecule has 6 heteroatoms. The zero-order valence-electron chi connectivity index (χ0n) is 10.3. The van der Waals surface area contributed by atoms with Crippen LogP contribution in [0.25, 0.3) is 17.1 Å². The Morgan fingerprint density at radius 3 is 2.75 bits per heavy atom. The Labute approximate surface area is 129 Å². The fourth-order valence-electron chi connectivity index (χ4n) is 1.88. The van der Waals surface area contributed by atoms with Crippen LogP contribution in [0.1, 0.15) is 0 Å². The van der Waals surface area contributed by atoms with Crippen molar-refractivity contribution in [1.82, 2.24) is 14.8 Å². The van der Waals surface area contributed by atoms with Crippen molar-refractivity contribution in [3.63, 3.8) is 0 Å². The minimum absolute atomic E-state index is 0.555. The predicted octanol–water partition coefficient (Wildman–Crippen LogP) is 3.93. The molecule has 0 unspecified atom stereocenters. The molecule has 0 aliphatic heterocycles. The average Bonchev–Trinajstić information content (AvgIpc) is 2.82. The lowest BCUT2D eigenvalue weighted by Crippen LogP contribution is -1.97. The maximum Gasteiger partial charge on any atom is 0.153 e. The third-order valence-corrected chi connectivity index (χ3v) is 3.62. The van der Waals surface area contributed by atoms with Crippen molar-refractivity contribution >= 4 is 33.2 Å². The second kappa shape index (κ2) is 5.26. The highest BCUT2D eigenvalue weighted by Gasteiger charge is 2.13. The van der Waals surface area contributed by atoms with Crippen molar-refractivity contribution in [3.8, 4) is 17.1 Å². The maximum atomic E-state index is 6.24. The number of anilines is 1. The quantitative estimate of drug-likeness (QED) is 0.762. The first-order valence-corrected chi connectivity index (χ1v) is 7.04. The molecule has 0 radical (unpaired) electrons. The summed E-state index contributed by atoms with van der Waals surface area (Å²) < 4.78 is 2.55. The fourth-order valence-corrected chi connectivity index (χ4v) is 2.65. The van der Waals surface area contributed by atoms with Crippen LogP contribution in [0.5, 0.6) is 0 Å². The van der Waals surface area contributed by atoms with Gasteiger partial charge in [-0.1, -0.05) is 39.7 Å². The van der Waals surface area contributed by atoms with E-state index in [1.807, 2.05) is 36.4 Å². The first-order valence-electron chi connectivity index (χ1n) is 5.87. The number of hydrogen-bond acceptors (Lipinski definition) is 3. The smallest absolute Gasteiger partial charge is 0.153 e. The summed E-state index contributed by atoms with van der Waals surface area (Å²) in [5.41, 5.74) is 8.03. The predicted molar refractivity (Wildman–Crippen MR) is 83.9 cm³/mol. The van der Waals surface area contributed by atoms with Gasteiger partial charge in [-0.2, -0.15) is 5.10 Å². The van der Waals surface area contributed by atoms with Crippen LogP contribution in [0.3, 0.4) is 0 Å². The van der Waals surface area contributed by atoms with Gasteiger partial charge in [-0.15, -0.1) is 0 Å². The Morgan fingerprint density at radius 2 is 2.05 bits per heavy atom. The highest BCUT2D eigenvalue weighted by atomic mass is 79.9. The third kappa shape index (κ3) is 2.42. The van der Waals surface area contributed by atoms with Gasteiger partial charge in [0.2, 0.25) is 0 Å². The first kappa shape index (κ1) is 13.1. The Bertz CT molecular complexity index is 755. The molecule has 2 heterocycles. The lowest BCUT2D eigenvalue weighted by molar-refractivity contribution is 0.850. The number of nitrogens with zero attached hydrogens (tertiary/aromatic N) is 3. The van der Waals surface area contributed by atoms with Crippen LogP contribution in [0.2, 0.25) is 5.02 Å². The molecule has 0 bridgehead atoms. The van der Waals surface area contributed by atoms with Gasteiger partial charge < -0.3 is 5.73 Å². The maximum absolute atomic E-state index is 6.24. The Hall–Kier alpha value is -1.85. The molecule has 0 saturated carbocycles. The van der Waals surface area contributed by atoms with Crippen LogP contribution in [-0.4, -0.2) is 14.8 Å². The molecule has 3 aromatic rings. The van der Waals surface area contributed by atoms with E-state index in [1.165, 1.54) is 0 Å². The molecule has 0 aliphatic rings. The molecule has 0 amide bonds. The SMILES string of the molecule is Nc1cn(-c2ccccn2)nc1-c1ccc(Br)cc1Cl. The van der Waals surface area contributed by atoms with Crippen LogP contribution < -0.4 is 5.73 Å². The molecule has 0 aliphatic carbocycles. The van der Waals surface area contributed by atoms with Gasteiger partial charge in [0.15, 0.2) is 5.82 Å². The van der Waals surface area contributed by atoms with E-state index in [4.69, 9.17) is 17.3 Å². The van der Waals surface area contributed by atoms with Crippen molar-refractivity contribution in [2.24, 2.45) is 0 Å². The topological polar surface area (TPSA) is 56.7 Å². The van der Waals surface area contributed by atoms with Crippen LogP contribution in [-0.2, 0) is 0 Å². The number of hydrogen-bond donors (Lipinski definition) is 1. The van der Waals surface area contributed by atoms with Crippen LogP contribution in [0.15, 0.2) is 53.3 Å². The molecule has 0 fully saturated rings. The largest absolute Gasteiger partial charge is 0.396 e. The number of aromatic nitrogens is 3. The van der Waals surface area contributed by atoms with Gasteiger partial charge in [-0.05, 0) is 24.3 Å². The summed E-state index contributed by atoms with van der Waals surface area (Å²) in [4.78, 5) is 4.24.